The van der Waals surface area contributed by atoms with Gasteiger partial charge in [0.15, 0.2) is 5.84 Å². The number of amidine groups is 1. The summed E-state index contributed by atoms with van der Waals surface area (Å²) in [6.45, 7) is 0. The molecule has 2 N–H and O–H groups in total. The topological polar surface area (TPSA) is 67.9 Å². The maximum atomic E-state index is 12.5. The zero-order chi connectivity index (χ0) is 15.5. The smallest absolute Gasteiger partial charge is 0.282 e. The monoisotopic (exact) mass is 293 g/mol. The van der Waals surface area contributed by atoms with Crippen LogP contribution in [0.5, 0.6) is 5.75 Å². The highest BCUT2D eigenvalue weighted by Gasteiger charge is 2.29. The molecule has 0 saturated heterocycles. The molecule has 0 aliphatic carbocycles. The van der Waals surface area contributed by atoms with Gasteiger partial charge in [-0.05, 0) is 35.9 Å². The van der Waals surface area contributed by atoms with Gasteiger partial charge in [-0.25, -0.2) is 0 Å². The van der Waals surface area contributed by atoms with E-state index in [2.05, 4.69) is 5.10 Å². The molecule has 0 radical (unpaired) electrons. The number of amides is 1. The molecule has 5 heteroatoms. The standard InChI is InChI=1S/C17H15N3O2/c1-22-14-9-7-12(8-10-14)11-15-16(18)19-20(17(15)21)13-5-3-2-4-6-13/h2-11H,1H3,(H2,18,19)/b15-11+. The van der Waals surface area contributed by atoms with Crippen LogP contribution in [0.25, 0.3) is 6.08 Å². The van der Waals surface area contributed by atoms with Gasteiger partial charge in [-0.2, -0.15) is 5.01 Å². The van der Waals surface area contributed by atoms with Gasteiger partial charge in [0.05, 0.1) is 18.4 Å². The van der Waals surface area contributed by atoms with Crippen LogP contribution in [0.2, 0.25) is 0 Å². The van der Waals surface area contributed by atoms with Gasteiger partial charge < -0.3 is 10.5 Å². The van der Waals surface area contributed by atoms with E-state index in [9.17, 15) is 4.79 Å². The number of nitrogens with zero attached hydrogens (tertiary/aromatic N) is 2. The lowest BCUT2D eigenvalue weighted by molar-refractivity contribution is -0.114. The summed E-state index contributed by atoms with van der Waals surface area (Å²) in [5, 5.41) is 5.45. The Hall–Kier alpha value is -3.08. The molecule has 1 amide bonds. The molecule has 0 saturated carbocycles. The van der Waals surface area contributed by atoms with Crippen molar-refractivity contribution in [3.8, 4) is 5.75 Å². The van der Waals surface area contributed by atoms with Crippen LogP contribution in [0.4, 0.5) is 5.69 Å². The number of hydrogen-bond acceptors (Lipinski definition) is 4. The Kier molecular flexibility index (Phi) is 3.62. The highest BCUT2D eigenvalue weighted by atomic mass is 16.5. The number of benzene rings is 2. The molecule has 2 aromatic rings. The number of carbonyl (C=O) groups is 1. The number of para-hydroxylation sites is 1. The quantitative estimate of drug-likeness (QED) is 0.884. The number of hydrogen-bond donors (Lipinski definition) is 1. The molecule has 5 nitrogen and oxygen atoms in total. The van der Waals surface area contributed by atoms with Crippen LogP contribution >= 0.6 is 0 Å². The van der Waals surface area contributed by atoms with Crippen molar-refractivity contribution in [2.24, 2.45) is 10.8 Å². The van der Waals surface area contributed by atoms with Crippen molar-refractivity contribution in [2.75, 3.05) is 12.1 Å². The number of ether oxygens (including phenoxy) is 1. The predicted molar refractivity (Wildman–Crippen MR) is 86.5 cm³/mol. The molecule has 0 aromatic heterocycles. The fraction of sp³-hybridized carbons (Fsp3) is 0.0588. The second kappa shape index (κ2) is 5.73. The van der Waals surface area contributed by atoms with E-state index < -0.39 is 0 Å². The van der Waals surface area contributed by atoms with Crippen LogP contribution in [-0.2, 0) is 4.79 Å². The minimum Gasteiger partial charge on any atom is -0.497 e. The molecule has 0 unspecified atom stereocenters. The van der Waals surface area contributed by atoms with Crippen molar-refractivity contribution in [3.05, 3.63) is 65.7 Å². The first-order valence-electron chi connectivity index (χ1n) is 6.79. The summed E-state index contributed by atoms with van der Waals surface area (Å²) in [5.41, 5.74) is 7.83. The first-order valence-corrected chi connectivity index (χ1v) is 6.79. The zero-order valence-electron chi connectivity index (χ0n) is 12.1. The lowest BCUT2D eigenvalue weighted by atomic mass is 10.1. The largest absolute Gasteiger partial charge is 0.497 e. The molecule has 1 aliphatic heterocycles. The zero-order valence-corrected chi connectivity index (χ0v) is 12.1. The van der Waals surface area contributed by atoms with Crippen LogP contribution in [0.15, 0.2) is 65.3 Å². The van der Waals surface area contributed by atoms with E-state index in [-0.39, 0.29) is 11.7 Å². The van der Waals surface area contributed by atoms with Crippen LogP contribution in [0.3, 0.4) is 0 Å². The average molecular weight is 293 g/mol. The Labute approximate surface area is 128 Å². The highest BCUT2D eigenvalue weighted by Crippen LogP contribution is 2.23. The van der Waals surface area contributed by atoms with Gasteiger partial charge in [-0.15, -0.1) is 5.10 Å². The molecule has 0 bridgehead atoms. The van der Waals surface area contributed by atoms with Crippen molar-refractivity contribution in [1.82, 2.24) is 0 Å². The molecular weight excluding hydrogens is 278 g/mol. The van der Waals surface area contributed by atoms with Crippen molar-refractivity contribution in [2.45, 2.75) is 0 Å². The van der Waals surface area contributed by atoms with E-state index in [1.165, 1.54) is 5.01 Å². The molecule has 3 rings (SSSR count). The first kappa shape index (κ1) is 13.9. The molecule has 22 heavy (non-hydrogen) atoms. The number of anilines is 1. The maximum absolute atomic E-state index is 12.5. The van der Waals surface area contributed by atoms with Gasteiger partial charge in [-0.1, -0.05) is 30.3 Å². The van der Waals surface area contributed by atoms with Crippen LogP contribution in [-0.4, -0.2) is 18.9 Å². The number of nitrogens with two attached hydrogens (primary N) is 1. The van der Waals surface area contributed by atoms with Gasteiger partial charge >= 0.3 is 0 Å². The summed E-state index contributed by atoms with van der Waals surface area (Å²) >= 11 is 0. The van der Waals surface area contributed by atoms with Gasteiger partial charge in [-0.3, -0.25) is 4.79 Å². The third kappa shape index (κ3) is 2.56. The van der Waals surface area contributed by atoms with Gasteiger partial charge in [0.25, 0.3) is 5.91 Å². The summed E-state index contributed by atoms with van der Waals surface area (Å²) in [6.07, 6.45) is 1.73. The van der Waals surface area contributed by atoms with Crippen molar-refractivity contribution in [3.63, 3.8) is 0 Å². The van der Waals surface area contributed by atoms with Gasteiger partial charge in [0.1, 0.15) is 5.75 Å². The van der Waals surface area contributed by atoms with Crippen LogP contribution in [0.1, 0.15) is 5.56 Å². The van der Waals surface area contributed by atoms with Crippen molar-refractivity contribution < 1.29 is 9.53 Å². The van der Waals surface area contributed by atoms with E-state index in [4.69, 9.17) is 10.5 Å². The van der Waals surface area contributed by atoms with Gasteiger partial charge in [0.2, 0.25) is 0 Å². The molecule has 1 aliphatic rings. The third-order valence-corrected chi connectivity index (χ3v) is 3.33. The lowest BCUT2D eigenvalue weighted by Gasteiger charge is -2.10. The third-order valence-electron chi connectivity index (χ3n) is 3.33. The van der Waals surface area contributed by atoms with Crippen LogP contribution < -0.4 is 15.5 Å². The van der Waals surface area contributed by atoms with E-state index in [1.54, 1.807) is 13.2 Å². The Balaban J connectivity index is 1.90. The molecule has 110 valence electrons. The maximum Gasteiger partial charge on any atom is 0.282 e. The summed E-state index contributed by atoms with van der Waals surface area (Å²) < 4.78 is 5.11. The molecule has 2 aromatic carbocycles. The SMILES string of the molecule is COc1ccc(/C=C2/C(=O)N(c3ccccc3)N=C2N)cc1. The lowest BCUT2D eigenvalue weighted by Crippen LogP contribution is -2.22. The van der Waals surface area contributed by atoms with E-state index in [0.717, 1.165) is 11.3 Å². The Morgan fingerprint density at radius 3 is 2.41 bits per heavy atom. The van der Waals surface area contributed by atoms with E-state index in [1.807, 2.05) is 54.6 Å². The number of rotatable bonds is 3. The Morgan fingerprint density at radius 2 is 1.77 bits per heavy atom. The Bertz CT molecular complexity index is 749. The Morgan fingerprint density at radius 1 is 1.09 bits per heavy atom. The number of carbonyl (C=O) groups excluding carboxylic acids is 1. The molecule has 1 heterocycles. The number of hydrazone groups is 1. The highest BCUT2D eigenvalue weighted by molar-refractivity contribution is 6.31. The number of methoxy groups -OCH3 is 1. The molecule has 0 fully saturated rings. The minimum absolute atomic E-state index is 0.213. The normalized spacial score (nSPS) is 16.0. The summed E-state index contributed by atoms with van der Waals surface area (Å²) in [4.78, 5) is 12.5. The summed E-state index contributed by atoms with van der Waals surface area (Å²) in [6, 6.07) is 16.6. The molecule has 0 spiro atoms. The molecular formula is C17H15N3O2. The molecule has 0 atom stereocenters. The van der Waals surface area contributed by atoms with Gasteiger partial charge in [0, 0.05) is 0 Å². The van der Waals surface area contributed by atoms with Crippen molar-refractivity contribution >= 4 is 23.5 Å². The van der Waals surface area contributed by atoms with Crippen molar-refractivity contribution in [1.29, 1.82) is 0 Å². The van der Waals surface area contributed by atoms with Crippen LogP contribution in [0, 0.1) is 0 Å². The fourth-order valence-electron chi connectivity index (χ4n) is 2.18. The van der Waals surface area contributed by atoms with E-state index in [0.29, 0.717) is 11.3 Å². The summed E-state index contributed by atoms with van der Waals surface area (Å²) in [5.74, 6) is 0.733. The van der Waals surface area contributed by atoms with E-state index >= 15 is 0 Å². The predicted octanol–water partition coefficient (Wildman–Crippen LogP) is 2.40. The average Bonchev–Trinajstić information content (AvgIpc) is 2.84. The second-order valence-corrected chi connectivity index (χ2v) is 4.77. The minimum atomic E-state index is -0.237. The first-order chi connectivity index (χ1) is 10.7. The second-order valence-electron chi connectivity index (χ2n) is 4.77. The fourth-order valence-corrected chi connectivity index (χ4v) is 2.18. The summed E-state index contributed by atoms with van der Waals surface area (Å²) in [7, 11) is 1.61.